The molecule has 1 saturated carbocycles. The van der Waals surface area contributed by atoms with Crippen molar-refractivity contribution in [2.75, 3.05) is 5.32 Å². The van der Waals surface area contributed by atoms with E-state index >= 15 is 0 Å². The Morgan fingerprint density at radius 2 is 1.77 bits per heavy atom. The number of fused-ring (bicyclic) bond motifs is 1. The van der Waals surface area contributed by atoms with Gasteiger partial charge in [-0.15, -0.1) is 0 Å². The number of hydrogen-bond acceptors (Lipinski definition) is 5. The molecule has 4 rings (SSSR count). The Balaban J connectivity index is 1.53. The second kappa shape index (κ2) is 6.55. The molecule has 2 N–H and O–H groups in total. The number of carbonyl (C=O) groups excluding carboxylic acids is 4. The van der Waals surface area contributed by atoms with Gasteiger partial charge in [-0.05, 0) is 31.4 Å². The SMILES string of the molecule is O=C1CCC(Nc2cccc3c2CN(C2CCC(=O)NC2=O)C3=O)CC1. The van der Waals surface area contributed by atoms with E-state index in [1.165, 1.54) is 0 Å². The van der Waals surface area contributed by atoms with Crippen LogP contribution in [0.4, 0.5) is 5.69 Å². The lowest BCUT2D eigenvalue weighted by molar-refractivity contribution is -0.137. The number of hydrogen-bond donors (Lipinski definition) is 2. The van der Waals surface area contributed by atoms with Gasteiger partial charge in [0.05, 0.1) is 0 Å². The van der Waals surface area contributed by atoms with Crippen LogP contribution < -0.4 is 10.6 Å². The molecular weight excluding hydrogens is 334 g/mol. The molecule has 26 heavy (non-hydrogen) atoms. The van der Waals surface area contributed by atoms with Gasteiger partial charge in [-0.1, -0.05) is 6.07 Å². The average molecular weight is 355 g/mol. The van der Waals surface area contributed by atoms with Crippen LogP contribution in [0, 0.1) is 0 Å². The van der Waals surface area contributed by atoms with Gasteiger partial charge < -0.3 is 10.2 Å². The van der Waals surface area contributed by atoms with Crippen molar-refractivity contribution in [3.63, 3.8) is 0 Å². The number of nitrogens with zero attached hydrogens (tertiary/aromatic N) is 1. The van der Waals surface area contributed by atoms with Crippen LogP contribution in [0.5, 0.6) is 0 Å². The van der Waals surface area contributed by atoms with Crippen LogP contribution in [0.15, 0.2) is 18.2 Å². The van der Waals surface area contributed by atoms with Gasteiger partial charge in [0, 0.05) is 48.7 Å². The number of carbonyl (C=O) groups is 4. The average Bonchev–Trinajstić information content (AvgIpc) is 2.95. The molecule has 2 aliphatic heterocycles. The summed E-state index contributed by atoms with van der Waals surface area (Å²) in [6.07, 6.45) is 3.39. The third kappa shape index (κ3) is 2.98. The quantitative estimate of drug-likeness (QED) is 0.799. The maximum absolute atomic E-state index is 12.8. The van der Waals surface area contributed by atoms with Gasteiger partial charge >= 0.3 is 0 Å². The van der Waals surface area contributed by atoms with Gasteiger partial charge in [0.25, 0.3) is 5.91 Å². The highest BCUT2D eigenvalue weighted by atomic mass is 16.2. The van der Waals surface area contributed by atoms with Crippen LogP contribution >= 0.6 is 0 Å². The number of rotatable bonds is 3. The van der Waals surface area contributed by atoms with E-state index in [4.69, 9.17) is 0 Å². The van der Waals surface area contributed by atoms with Gasteiger partial charge in [0.15, 0.2) is 0 Å². The number of amides is 3. The van der Waals surface area contributed by atoms with E-state index in [0.29, 0.717) is 37.2 Å². The van der Waals surface area contributed by atoms with E-state index in [1.54, 1.807) is 11.0 Å². The number of piperidine rings is 1. The fourth-order valence-corrected chi connectivity index (χ4v) is 4.02. The predicted octanol–water partition coefficient (Wildman–Crippen LogP) is 1.37. The lowest BCUT2D eigenvalue weighted by atomic mass is 9.94. The van der Waals surface area contributed by atoms with Crippen molar-refractivity contribution < 1.29 is 19.2 Å². The van der Waals surface area contributed by atoms with E-state index in [-0.39, 0.29) is 24.3 Å². The van der Waals surface area contributed by atoms with Gasteiger partial charge in [-0.25, -0.2) is 0 Å². The smallest absolute Gasteiger partial charge is 0.255 e. The summed E-state index contributed by atoms with van der Waals surface area (Å²) in [6, 6.07) is 5.17. The van der Waals surface area contributed by atoms with Crippen LogP contribution in [0.2, 0.25) is 0 Å². The molecule has 3 aliphatic rings. The van der Waals surface area contributed by atoms with Crippen LogP contribution in [-0.2, 0) is 20.9 Å². The van der Waals surface area contributed by atoms with E-state index in [1.807, 2.05) is 12.1 Å². The molecule has 0 radical (unpaired) electrons. The van der Waals surface area contributed by atoms with Crippen LogP contribution in [0.25, 0.3) is 0 Å². The van der Waals surface area contributed by atoms with Crippen molar-refractivity contribution in [1.29, 1.82) is 0 Å². The molecule has 1 unspecified atom stereocenters. The maximum atomic E-state index is 12.8. The molecule has 136 valence electrons. The van der Waals surface area contributed by atoms with E-state index in [9.17, 15) is 19.2 Å². The second-order valence-electron chi connectivity index (χ2n) is 7.19. The zero-order chi connectivity index (χ0) is 18.3. The van der Waals surface area contributed by atoms with Gasteiger partial charge in [0.1, 0.15) is 11.8 Å². The first-order valence-electron chi connectivity index (χ1n) is 9.07. The van der Waals surface area contributed by atoms with Crippen molar-refractivity contribution >= 4 is 29.2 Å². The van der Waals surface area contributed by atoms with Crippen molar-refractivity contribution in [1.82, 2.24) is 10.2 Å². The highest BCUT2D eigenvalue weighted by Crippen LogP contribution is 2.33. The largest absolute Gasteiger partial charge is 0.382 e. The first-order valence-corrected chi connectivity index (χ1v) is 9.07. The molecule has 1 saturated heterocycles. The molecule has 7 nitrogen and oxygen atoms in total. The van der Waals surface area contributed by atoms with Crippen molar-refractivity contribution in [2.24, 2.45) is 0 Å². The summed E-state index contributed by atoms with van der Waals surface area (Å²) in [6.45, 7) is 0.356. The fraction of sp³-hybridized carbons (Fsp3) is 0.474. The second-order valence-corrected chi connectivity index (χ2v) is 7.19. The first kappa shape index (κ1) is 16.8. The topological polar surface area (TPSA) is 95.6 Å². The first-order chi connectivity index (χ1) is 12.5. The maximum Gasteiger partial charge on any atom is 0.255 e. The van der Waals surface area contributed by atoms with E-state index in [2.05, 4.69) is 10.6 Å². The normalized spacial score (nSPS) is 23.8. The van der Waals surface area contributed by atoms with Gasteiger partial charge in [0.2, 0.25) is 11.8 Å². The number of Topliss-reactive ketones (excluding diaryl/α,β-unsaturated/α-hetero) is 1. The summed E-state index contributed by atoms with van der Waals surface area (Å²) in [4.78, 5) is 49.3. The third-order valence-corrected chi connectivity index (χ3v) is 5.48. The molecule has 1 aromatic rings. The monoisotopic (exact) mass is 355 g/mol. The molecule has 0 spiro atoms. The number of ketones is 1. The molecule has 1 atom stereocenters. The zero-order valence-electron chi connectivity index (χ0n) is 14.4. The van der Waals surface area contributed by atoms with E-state index < -0.39 is 11.9 Å². The molecule has 2 fully saturated rings. The van der Waals surface area contributed by atoms with Gasteiger partial charge in [-0.3, -0.25) is 24.5 Å². The van der Waals surface area contributed by atoms with Crippen LogP contribution in [0.1, 0.15) is 54.4 Å². The molecule has 1 aromatic carbocycles. The van der Waals surface area contributed by atoms with Crippen LogP contribution in [0.3, 0.4) is 0 Å². The minimum absolute atomic E-state index is 0.169. The molecule has 7 heteroatoms. The Morgan fingerprint density at radius 3 is 2.50 bits per heavy atom. The lowest BCUT2D eigenvalue weighted by Crippen LogP contribution is -2.52. The Bertz CT molecular complexity index is 794. The minimum atomic E-state index is -0.604. The number of anilines is 1. The molecule has 3 amide bonds. The zero-order valence-corrected chi connectivity index (χ0v) is 14.4. The van der Waals surface area contributed by atoms with Crippen molar-refractivity contribution in [2.45, 2.75) is 57.2 Å². The van der Waals surface area contributed by atoms with E-state index in [0.717, 1.165) is 24.1 Å². The molecule has 0 bridgehead atoms. The number of benzene rings is 1. The summed E-state index contributed by atoms with van der Waals surface area (Å²) in [7, 11) is 0. The Morgan fingerprint density at radius 1 is 1.00 bits per heavy atom. The minimum Gasteiger partial charge on any atom is -0.382 e. The number of imide groups is 1. The lowest BCUT2D eigenvalue weighted by Gasteiger charge is -2.29. The third-order valence-electron chi connectivity index (χ3n) is 5.48. The highest BCUT2D eigenvalue weighted by Gasteiger charge is 2.40. The van der Waals surface area contributed by atoms with Crippen molar-refractivity contribution in [3.05, 3.63) is 29.3 Å². The Kier molecular flexibility index (Phi) is 4.22. The summed E-state index contributed by atoms with van der Waals surface area (Å²) in [5.74, 6) is -0.551. The molecular formula is C19H21N3O4. The highest BCUT2D eigenvalue weighted by molar-refractivity contribution is 6.06. The van der Waals surface area contributed by atoms with Crippen LogP contribution in [-0.4, -0.2) is 40.5 Å². The summed E-state index contributed by atoms with van der Waals surface area (Å²) >= 11 is 0. The fourth-order valence-electron chi connectivity index (χ4n) is 4.02. The summed E-state index contributed by atoms with van der Waals surface area (Å²) in [5.41, 5.74) is 2.38. The Labute approximate surface area is 151 Å². The van der Waals surface area contributed by atoms with Crippen molar-refractivity contribution in [3.8, 4) is 0 Å². The predicted molar refractivity (Wildman–Crippen MR) is 93.4 cm³/mol. The van der Waals surface area contributed by atoms with Gasteiger partial charge in [-0.2, -0.15) is 0 Å². The Hall–Kier alpha value is -2.70. The summed E-state index contributed by atoms with van der Waals surface area (Å²) in [5, 5.41) is 5.80. The molecule has 2 heterocycles. The molecule has 0 aromatic heterocycles. The molecule has 1 aliphatic carbocycles. The summed E-state index contributed by atoms with van der Waals surface area (Å²) < 4.78 is 0. The number of nitrogens with one attached hydrogen (secondary N) is 2. The standard InChI is InChI=1S/C19H21N3O4/c23-12-6-4-11(5-7-12)20-15-3-1-2-13-14(15)10-22(19(13)26)16-8-9-17(24)21-18(16)25/h1-3,11,16,20H,4-10H2,(H,21,24,25).